The van der Waals surface area contributed by atoms with E-state index in [-0.39, 0.29) is 11.1 Å². The van der Waals surface area contributed by atoms with Gasteiger partial charge in [0.25, 0.3) is 11.1 Å². The summed E-state index contributed by atoms with van der Waals surface area (Å²) in [6.07, 6.45) is 5.91. The summed E-state index contributed by atoms with van der Waals surface area (Å²) in [7, 11) is 3.46. The zero-order valence-electron chi connectivity index (χ0n) is 14.5. The first-order valence-corrected chi connectivity index (χ1v) is 10.1. The van der Waals surface area contributed by atoms with Gasteiger partial charge in [0.15, 0.2) is 0 Å². The van der Waals surface area contributed by atoms with Crippen molar-refractivity contribution in [3.8, 4) is 0 Å². The summed E-state index contributed by atoms with van der Waals surface area (Å²) in [4.78, 5) is 28.8. The maximum atomic E-state index is 12.5. The quantitative estimate of drug-likeness (QED) is 0.605. The van der Waals surface area contributed by atoms with Gasteiger partial charge in [-0.25, -0.2) is 0 Å². The number of fused-ring (bicyclic) bond motifs is 1. The SMILES string of the molecule is CN(C)C(=O)Sc1ccc(NC(=O)c2cc3c(s2)CCCCC3)cc1. The van der Waals surface area contributed by atoms with E-state index in [0.717, 1.165) is 28.3 Å². The molecule has 1 aliphatic rings. The van der Waals surface area contributed by atoms with Crippen LogP contribution in [0.1, 0.15) is 39.4 Å². The number of amides is 2. The number of rotatable bonds is 3. The fraction of sp³-hybridized carbons (Fsp3) is 0.368. The van der Waals surface area contributed by atoms with Gasteiger partial charge < -0.3 is 10.2 Å². The van der Waals surface area contributed by atoms with Gasteiger partial charge in [0.05, 0.1) is 4.88 Å². The van der Waals surface area contributed by atoms with Gasteiger partial charge >= 0.3 is 0 Å². The molecule has 3 rings (SSSR count). The average molecular weight is 375 g/mol. The second kappa shape index (κ2) is 8.06. The summed E-state index contributed by atoms with van der Waals surface area (Å²) in [5.41, 5.74) is 2.09. The lowest BCUT2D eigenvalue weighted by Gasteiger charge is -2.09. The van der Waals surface area contributed by atoms with Gasteiger partial charge in [-0.1, -0.05) is 6.42 Å². The number of nitrogens with one attached hydrogen (secondary N) is 1. The molecular weight excluding hydrogens is 352 g/mol. The van der Waals surface area contributed by atoms with Gasteiger partial charge in [-0.05, 0) is 73.3 Å². The molecule has 132 valence electrons. The molecular formula is C19H22N2O2S2. The lowest BCUT2D eigenvalue weighted by molar-refractivity contribution is 0.103. The Morgan fingerprint density at radius 3 is 2.52 bits per heavy atom. The molecule has 1 aliphatic carbocycles. The first kappa shape index (κ1) is 18.0. The van der Waals surface area contributed by atoms with Crippen molar-refractivity contribution in [3.63, 3.8) is 0 Å². The third kappa shape index (κ3) is 4.64. The van der Waals surface area contributed by atoms with Crippen LogP contribution in [0.4, 0.5) is 10.5 Å². The predicted molar refractivity (Wildman–Crippen MR) is 105 cm³/mol. The molecule has 25 heavy (non-hydrogen) atoms. The van der Waals surface area contributed by atoms with E-state index in [1.54, 1.807) is 30.3 Å². The van der Waals surface area contributed by atoms with Crippen LogP contribution in [-0.4, -0.2) is 30.1 Å². The standard InChI is InChI=1S/C19H22N2O2S2/c1-21(2)19(23)24-15-10-8-14(9-11-15)20-18(22)17-12-13-6-4-3-5-7-16(13)25-17/h8-12H,3-7H2,1-2H3,(H,20,22). The Bertz CT molecular complexity index is 743. The van der Waals surface area contributed by atoms with Gasteiger partial charge in [-0.2, -0.15) is 0 Å². The number of anilines is 1. The second-order valence-corrected chi connectivity index (χ2v) is 8.52. The van der Waals surface area contributed by atoms with Crippen LogP contribution >= 0.6 is 23.1 Å². The normalized spacial score (nSPS) is 13.7. The lowest BCUT2D eigenvalue weighted by atomic mass is 10.1. The van der Waals surface area contributed by atoms with Crippen molar-refractivity contribution in [2.45, 2.75) is 37.0 Å². The highest BCUT2D eigenvalue weighted by Crippen LogP contribution is 2.29. The van der Waals surface area contributed by atoms with Crippen LogP contribution in [0, 0.1) is 0 Å². The predicted octanol–water partition coefficient (Wildman–Crippen LogP) is 5.04. The van der Waals surface area contributed by atoms with E-state index in [1.807, 2.05) is 24.3 Å². The molecule has 6 heteroatoms. The molecule has 0 unspecified atom stereocenters. The summed E-state index contributed by atoms with van der Waals surface area (Å²) in [5, 5.41) is 2.94. The molecule has 1 aromatic heterocycles. The van der Waals surface area contributed by atoms with Crippen molar-refractivity contribution >= 4 is 39.9 Å². The van der Waals surface area contributed by atoms with E-state index < -0.39 is 0 Å². The minimum Gasteiger partial charge on any atom is -0.339 e. The smallest absolute Gasteiger partial charge is 0.285 e. The Morgan fingerprint density at radius 2 is 1.80 bits per heavy atom. The van der Waals surface area contributed by atoms with Crippen LogP contribution in [0.2, 0.25) is 0 Å². The summed E-state index contributed by atoms with van der Waals surface area (Å²) < 4.78 is 0. The zero-order chi connectivity index (χ0) is 17.8. The number of carbonyl (C=O) groups is 2. The molecule has 0 radical (unpaired) electrons. The molecule has 1 N–H and O–H groups in total. The van der Waals surface area contributed by atoms with E-state index in [2.05, 4.69) is 11.4 Å². The van der Waals surface area contributed by atoms with Gasteiger partial charge in [0.1, 0.15) is 0 Å². The Hall–Kier alpha value is -1.79. The van der Waals surface area contributed by atoms with Crippen LogP contribution < -0.4 is 5.32 Å². The van der Waals surface area contributed by atoms with Crippen LogP contribution in [-0.2, 0) is 12.8 Å². The highest BCUT2D eigenvalue weighted by atomic mass is 32.2. The number of benzene rings is 1. The molecule has 0 saturated carbocycles. The Morgan fingerprint density at radius 1 is 1.08 bits per heavy atom. The Kier molecular flexibility index (Phi) is 5.81. The number of nitrogens with zero attached hydrogens (tertiary/aromatic N) is 1. The first-order chi connectivity index (χ1) is 12.0. The third-order valence-corrected chi connectivity index (χ3v) is 6.44. The van der Waals surface area contributed by atoms with Crippen molar-refractivity contribution in [2.75, 3.05) is 19.4 Å². The van der Waals surface area contributed by atoms with Crippen LogP contribution in [0.15, 0.2) is 35.2 Å². The maximum absolute atomic E-state index is 12.5. The molecule has 1 heterocycles. The summed E-state index contributed by atoms with van der Waals surface area (Å²) in [6, 6.07) is 9.43. The number of thiophene rings is 1. The number of hydrogen-bond donors (Lipinski definition) is 1. The number of hydrogen-bond acceptors (Lipinski definition) is 4. The monoisotopic (exact) mass is 374 g/mol. The maximum Gasteiger partial charge on any atom is 0.285 e. The Balaban J connectivity index is 1.64. The van der Waals surface area contributed by atoms with Gasteiger partial charge in [-0.15, -0.1) is 11.3 Å². The number of aryl methyl sites for hydroxylation is 2. The fourth-order valence-corrected chi connectivity index (χ4v) is 4.58. The molecule has 4 nitrogen and oxygen atoms in total. The molecule has 0 aliphatic heterocycles. The van der Waals surface area contributed by atoms with E-state index in [1.165, 1.54) is 41.5 Å². The summed E-state index contributed by atoms with van der Waals surface area (Å²) in [6.45, 7) is 0. The third-order valence-electron chi connectivity index (χ3n) is 4.15. The largest absolute Gasteiger partial charge is 0.339 e. The second-order valence-electron chi connectivity index (χ2n) is 6.36. The van der Waals surface area contributed by atoms with Crippen LogP contribution in [0.3, 0.4) is 0 Å². The number of carbonyl (C=O) groups excluding carboxylic acids is 2. The summed E-state index contributed by atoms with van der Waals surface area (Å²) in [5.74, 6) is -0.0529. The van der Waals surface area contributed by atoms with Crippen molar-refractivity contribution in [2.24, 2.45) is 0 Å². The van der Waals surface area contributed by atoms with Gasteiger partial charge in [0, 0.05) is 29.6 Å². The van der Waals surface area contributed by atoms with Crippen LogP contribution in [0.5, 0.6) is 0 Å². The molecule has 0 atom stereocenters. The zero-order valence-corrected chi connectivity index (χ0v) is 16.1. The Labute approximate surface area is 156 Å². The molecule has 0 spiro atoms. The minimum absolute atomic E-state index is 0.0168. The topological polar surface area (TPSA) is 49.4 Å². The van der Waals surface area contributed by atoms with Crippen molar-refractivity contribution < 1.29 is 9.59 Å². The molecule has 0 bridgehead atoms. The first-order valence-electron chi connectivity index (χ1n) is 8.45. The highest BCUT2D eigenvalue weighted by molar-refractivity contribution is 8.13. The minimum atomic E-state index is -0.0529. The van der Waals surface area contributed by atoms with Crippen molar-refractivity contribution in [1.29, 1.82) is 0 Å². The molecule has 0 fully saturated rings. The van der Waals surface area contributed by atoms with Crippen LogP contribution in [0.25, 0.3) is 0 Å². The average Bonchev–Trinajstić information content (AvgIpc) is 2.87. The molecule has 0 saturated heterocycles. The lowest BCUT2D eigenvalue weighted by Crippen LogP contribution is -2.16. The van der Waals surface area contributed by atoms with E-state index in [4.69, 9.17) is 0 Å². The molecule has 2 aromatic rings. The van der Waals surface area contributed by atoms with E-state index >= 15 is 0 Å². The van der Waals surface area contributed by atoms with Crippen molar-refractivity contribution in [3.05, 3.63) is 45.6 Å². The van der Waals surface area contributed by atoms with Crippen molar-refractivity contribution in [1.82, 2.24) is 4.90 Å². The van der Waals surface area contributed by atoms with E-state index in [0.29, 0.717) is 0 Å². The van der Waals surface area contributed by atoms with E-state index in [9.17, 15) is 9.59 Å². The number of thioether (sulfide) groups is 1. The molecule has 2 amide bonds. The summed E-state index contributed by atoms with van der Waals surface area (Å²) >= 11 is 2.80. The highest BCUT2D eigenvalue weighted by Gasteiger charge is 2.16. The fourth-order valence-electron chi connectivity index (χ4n) is 2.77. The van der Waals surface area contributed by atoms with Gasteiger partial charge in [0.2, 0.25) is 0 Å². The molecule has 1 aromatic carbocycles. The van der Waals surface area contributed by atoms with Gasteiger partial charge in [-0.3, -0.25) is 9.59 Å².